The van der Waals surface area contributed by atoms with Gasteiger partial charge in [0.05, 0.1) is 19.3 Å². The summed E-state index contributed by atoms with van der Waals surface area (Å²) in [5, 5.41) is 20.9. The molecule has 5 nitrogen and oxygen atoms in total. The number of aliphatic hydroxyl groups excluding tert-OH is 2. The second-order valence-corrected chi connectivity index (χ2v) is 3.84. The first-order valence-electron chi connectivity index (χ1n) is 5.93. The van der Waals surface area contributed by atoms with Gasteiger partial charge in [0.1, 0.15) is 6.04 Å². The SMILES string of the molecule is CCOC(=O)C(NCC(O)CO)c1ccccc1. The fourth-order valence-corrected chi connectivity index (χ4v) is 1.53. The molecule has 0 fully saturated rings. The van der Waals surface area contributed by atoms with Gasteiger partial charge in [-0.2, -0.15) is 0 Å². The van der Waals surface area contributed by atoms with E-state index < -0.39 is 18.1 Å². The van der Waals surface area contributed by atoms with E-state index in [9.17, 15) is 9.90 Å². The molecule has 0 aliphatic heterocycles. The number of rotatable bonds is 7. The zero-order chi connectivity index (χ0) is 13.4. The van der Waals surface area contributed by atoms with Crippen molar-refractivity contribution in [3.63, 3.8) is 0 Å². The average molecular weight is 253 g/mol. The lowest BCUT2D eigenvalue weighted by Gasteiger charge is -2.19. The van der Waals surface area contributed by atoms with E-state index in [1.54, 1.807) is 19.1 Å². The van der Waals surface area contributed by atoms with Crippen LogP contribution < -0.4 is 5.32 Å². The molecule has 0 saturated heterocycles. The van der Waals surface area contributed by atoms with Gasteiger partial charge in [-0.05, 0) is 12.5 Å². The number of nitrogens with one attached hydrogen (secondary N) is 1. The molecule has 0 radical (unpaired) electrons. The Hall–Kier alpha value is -1.43. The van der Waals surface area contributed by atoms with Gasteiger partial charge in [-0.1, -0.05) is 30.3 Å². The normalized spacial score (nSPS) is 13.9. The predicted molar refractivity (Wildman–Crippen MR) is 66.9 cm³/mol. The van der Waals surface area contributed by atoms with E-state index in [1.807, 2.05) is 18.2 Å². The van der Waals surface area contributed by atoms with Crippen molar-refractivity contribution >= 4 is 5.97 Å². The van der Waals surface area contributed by atoms with Crippen molar-refractivity contribution in [2.45, 2.75) is 19.1 Å². The Kier molecular flexibility index (Phi) is 6.35. The van der Waals surface area contributed by atoms with E-state index >= 15 is 0 Å². The van der Waals surface area contributed by atoms with E-state index in [2.05, 4.69) is 5.32 Å². The third-order valence-electron chi connectivity index (χ3n) is 2.42. The molecule has 2 atom stereocenters. The van der Waals surface area contributed by atoms with Crippen LogP contribution in [0.5, 0.6) is 0 Å². The Morgan fingerprint density at radius 2 is 2.06 bits per heavy atom. The van der Waals surface area contributed by atoms with Crippen molar-refractivity contribution in [3.05, 3.63) is 35.9 Å². The highest BCUT2D eigenvalue weighted by atomic mass is 16.5. The third kappa shape index (κ3) is 4.44. The van der Waals surface area contributed by atoms with Crippen LogP contribution in [0.25, 0.3) is 0 Å². The summed E-state index contributed by atoms with van der Waals surface area (Å²) in [5.41, 5.74) is 0.765. The first kappa shape index (κ1) is 14.6. The topological polar surface area (TPSA) is 78.8 Å². The van der Waals surface area contributed by atoms with E-state index in [0.29, 0.717) is 6.61 Å². The van der Waals surface area contributed by atoms with Crippen molar-refractivity contribution < 1.29 is 19.7 Å². The zero-order valence-electron chi connectivity index (χ0n) is 10.4. The van der Waals surface area contributed by atoms with Gasteiger partial charge in [0.25, 0.3) is 0 Å². The standard InChI is InChI=1S/C13H19NO4/c1-2-18-13(17)12(14-8-11(16)9-15)10-6-4-3-5-7-10/h3-7,11-12,14-16H,2,8-9H2,1H3. The monoisotopic (exact) mass is 253 g/mol. The summed E-state index contributed by atoms with van der Waals surface area (Å²) >= 11 is 0. The summed E-state index contributed by atoms with van der Waals surface area (Å²) < 4.78 is 4.98. The molecule has 0 heterocycles. The summed E-state index contributed by atoms with van der Waals surface area (Å²) in [6.45, 7) is 1.81. The predicted octanol–water partition coefficient (Wildman–Crippen LogP) is 0.234. The molecule has 0 amide bonds. The molecule has 0 bridgehead atoms. The molecule has 0 aromatic heterocycles. The summed E-state index contributed by atoms with van der Waals surface area (Å²) in [5.74, 6) is -0.395. The Bertz CT molecular complexity index is 355. The second-order valence-electron chi connectivity index (χ2n) is 3.84. The second kappa shape index (κ2) is 7.81. The van der Waals surface area contributed by atoms with Gasteiger partial charge in [0, 0.05) is 6.54 Å². The van der Waals surface area contributed by atoms with Crippen LogP contribution >= 0.6 is 0 Å². The van der Waals surface area contributed by atoms with Crippen LogP contribution in [0.4, 0.5) is 0 Å². The van der Waals surface area contributed by atoms with Gasteiger partial charge < -0.3 is 14.9 Å². The van der Waals surface area contributed by atoms with Gasteiger partial charge >= 0.3 is 5.97 Å². The molecular formula is C13H19NO4. The van der Waals surface area contributed by atoms with Crippen molar-refractivity contribution in [2.75, 3.05) is 19.8 Å². The van der Waals surface area contributed by atoms with Crippen molar-refractivity contribution in [1.82, 2.24) is 5.32 Å². The lowest BCUT2D eigenvalue weighted by molar-refractivity contribution is -0.146. The maximum Gasteiger partial charge on any atom is 0.327 e. The number of ether oxygens (including phenoxy) is 1. The highest BCUT2D eigenvalue weighted by Gasteiger charge is 2.21. The summed E-state index contributed by atoms with van der Waals surface area (Å²) in [7, 11) is 0. The molecule has 18 heavy (non-hydrogen) atoms. The largest absolute Gasteiger partial charge is 0.465 e. The quantitative estimate of drug-likeness (QED) is 0.606. The van der Waals surface area contributed by atoms with Gasteiger partial charge in [-0.25, -0.2) is 4.79 Å². The maximum atomic E-state index is 11.8. The highest BCUT2D eigenvalue weighted by Crippen LogP contribution is 2.14. The Morgan fingerprint density at radius 3 is 2.61 bits per heavy atom. The fourth-order valence-electron chi connectivity index (χ4n) is 1.53. The molecule has 0 spiro atoms. The number of esters is 1. The summed E-state index contributed by atoms with van der Waals surface area (Å²) in [6, 6.07) is 8.48. The van der Waals surface area contributed by atoms with Crippen LogP contribution in [0, 0.1) is 0 Å². The number of carbonyl (C=O) groups excluding carboxylic acids is 1. The molecular weight excluding hydrogens is 234 g/mol. The third-order valence-corrected chi connectivity index (χ3v) is 2.42. The molecule has 3 N–H and O–H groups in total. The average Bonchev–Trinajstić information content (AvgIpc) is 2.40. The minimum absolute atomic E-state index is 0.120. The van der Waals surface area contributed by atoms with Crippen molar-refractivity contribution in [3.8, 4) is 0 Å². The fraction of sp³-hybridized carbons (Fsp3) is 0.462. The van der Waals surface area contributed by atoms with Crippen LogP contribution in [0.15, 0.2) is 30.3 Å². The molecule has 2 unspecified atom stereocenters. The van der Waals surface area contributed by atoms with E-state index in [1.165, 1.54) is 0 Å². The first-order valence-corrected chi connectivity index (χ1v) is 5.93. The van der Waals surface area contributed by atoms with E-state index in [0.717, 1.165) is 5.56 Å². The van der Waals surface area contributed by atoms with Gasteiger partial charge in [0.2, 0.25) is 0 Å². The molecule has 100 valence electrons. The Balaban J connectivity index is 2.72. The van der Waals surface area contributed by atoms with Crippen LogP contribution in [-0.4, -0.2) is 42.0 Å². The van der Waals surface area contributed by atoms with Crippen molar-refractivity contribution in [2.24, 2.45) is 0 Å². The first-order chi connectivity index (χ1) is 8.69. The summed E-state index contributed by atoms with van der Waals surface area (Å²) in [4.78, 5) is 11.8. The molecule has 0 aliphatic rings. The smallest absolute Gasteiger partial charge is 0.327 e. The highest BCUT2D eigenvalue weighted by molar-refractivity contribution is 5.77. The van der Waals surface area contributed by atoms with Gasteiger partial charge in [-0.3, -0.25) is 5.32 Å². The summed E-state index contributed by atoms with van der Waals surface area (Å²) in [6.07, 6.45) is -0.898. The van der Waals surface area contributed by atoms with E-state index in [4.69, 9.17) is 9.84 Å². The lowest BCUT2D eigenvalue weighted by atomic mass is 10.1. The van der Waals surface area contributed by atoms with Crippen molar-refractivity contribution in [1.29, 1.82) is 0 Å². The molecule has 0 saturated carbocycles. The Labute approximate surface area is 106 Å². The minimum atomic E-state index is -0.898. The molecule has 1 rings (SSSR count). The molecule has 5 heteroatoms. The molecule has 0 aliphatic carbocycles. The lowest BCUT2D eigenvalue weighted by Crippen LogP contribution is -2.36. The van der Waals surface area contributed by atoms with Crippen LogP contribution in [0.3, 0.4) is 0 Å². The van der Waals surface area contributed by atoms with Crippen LogP contribution in [-0.2, 0) is 9.53 Å². The number of carbonyl (C=O) groups is 1. The molecule has 1 aromatic carbocycles. The number of benzene rings is 1. The van der Waals surface area contributed by atoms with Gasteiger partial charge in [-0.15, -0.1) is 0 Å². The number of hydrogen-bond acceptors (Lipinski definition) is 5. The molecule has 1 aromatic rings. The minimum Gasteiger partial charge on any atom is -0.465 e. The van der Waals surface area contributed by atoms with E-state index in [-0.39, 0.29) is 13.2 Å². The Morgan fingerprint density at radius 1 is 1.39 bits per heavy atom. The maximum absolute atomic E-state index is 11.8. The van der Waals surface area contributed by atoms with Crippen LogP contribution in [0.2, 0.25) is 0 Å². The number of aliphatic hydroxyl groups is 2. The zero-order valence-corrected chi connectivity index (χ0v) is 10.4. The van der Waals surface area contributed by atoms with Gasteiger partial charge in [0.15, 0.2) is 0 Å². The number of hydrogen-bond donors (Lipinski definition) is 3. The van der Waals surface area contributed by atoms with Crippen LogP contribution in [0.1, 0.15) is 18.5 Å².